The zero-order valence-corrected chi connectivity index (χ0v) is 17.4. The predicted octanol–water partition coefficient (Wildman–Crippen LogP) is 2.14. The average Bonchev–Trinajstić information content (AvgIpc) is 2.78. The number of likely N-dealkylation sites (N-methyl/N-ethyl adjacent to an activating group) is 1. The van der Waals surface area contributed by atoms with Gasteiger partial charge in [0.25, 0.3) is 5.56 Å². The number of aryl methyl sites for hydroxylation is 2. The molecule has 28 heavy (non-hydrogen) atoms. The number of benzene rings is 1. The molecule has 0 bridgehead atoms. The summed E-state index contributed by atoms with van der Waals surface area (Å²) in [7, 11) is 3.43. The molecule has 1 aromatic carbocycles. The first-order valence-electron chi connectivity index (χ1n) is 9.21. The largest absolute Gasteiger partial charge is 0.326 e. The highest BCUT2D eigenvalue weighted by atomic mass is 16.2. The summed E-state index contributed by atoms with van der Waals surface area (Å²) >= 11 is 0. The zero-order valence-electron chi connectivity index (χ0n) is 17.4. The van der Waals surface area contributed by atoms with Gasteiger partial charge in [-0.2, -0.15) is 0 Å². The first kappa shape index (κ1) is 19.8. The van der Waals surface area contributed by atoms with Crippen molar-refractivity contribution < 1.29 is 9.59 Å². The summed E-state index contributed by atoms with van der Waals surface area (Å²) in [6.07, 6.45) is 0.0150. The fourth-order valence-corrected chi connectivity index (χ4v) is 3.81. The highest BCUT2D eigenvalue weighted by Gasteiger charge is 2.43. The van der Waals surface area contributed by atoms with E-state index in [1.807, 2.05) is 32.9 Å². The summed E-state index contributed by atoms with van der Waals surface area (Å²) in [6, 6.07) is 3.72. The molecule has 1 aliphatic heterocycles. The second kappa shape index (κ2) is 6.58. The maximum atomic E-state index is 12.6. The maximum Gasteiger partial charge on any atom is 0.256 e. The third-order valence-electron chi connectivity index (χ3n) is 5.60. The monoisotopic (exact) mass is 382 g/mol. The Kier molecular flexibility index (Phi) is 4.65. The van der Waals surface area contributed by atoms with Crippen molar-refractivity contribution in [3.8, 4) is 0 Å². The molecular weight excluding hydrogens is 356 g/mol. The minimum Gasteiger partial charge on any atom is -0.326 e. The van der Waals surface area contributed by atoms with Crippen molar-refractivity contribution in [3.05, 3.63) is 50.7 Å². The number of aromatic nitrogens is 2. The van der Waals surface area contributed by atoms with Crippen molar-refractivity contribution in [2.45, 2.75) is 46.5 Å². The van der Waals surface area contributed by atoms with E-state index < -0.39 is 5.41 Å². The maximum absolute atomic E-state index is 12.6. The van der Waals surface area contributed by atoms with Crippen LogP contribution in [0.1, 0.15) is 42.1 Å². The van der Waals surface area contributed by atoms with E-state index in [0.29, 0.717) is 22.8 Å². The van der Waals surface area contributed by atoms with Crippen LogP contribution in [-0.4, -0.2) is 28.4 Å². The summed E-state index contributed by atoms with van der Waals surface area (Å²) in [5, 5.41) is 2.89. The molecule has 0 fully saturated rings. The molecule has 148 valence electrons. The average molecular weight is 382 g/mol. The Morgan fingerprint density at radius 2 is 1.79 bits per heavy atom. The number of hydrogen-bond donors (Lipinski definition) is 1. The quantitative estimate of drug-likeness (QED) is 0.881. The van der Waals surface area contributed by atoms with Crippen LogP contribution in [0.15, 0.2) is 16.9 Å². The van der Waals surface area contributed by atoms with Crippen LogP contribution in [0.4, 0.5) is 11.4 Å². The van der Waals surface area contributed by atoms with Crippen LogP contribution in [0.5, 0.6) is 0 Å². The first-order valence-corrected chi connectivity index (χ1v) is 9.21. The van der Waals surface area contributed by atoms with Gasteiger partial charge >= 0.3 is 0 Å². The van der Waals surface area contributed by atoms with Crippen LogP contribution in [0.2, 0.25) is 0 Å². The number of carbonyl (C=O) groups excluding carboxylic acids is 2. The summed E-state index contributed by atoms with van der Waals surface area (Å²) in [6.45, 7) is 9.12. The highest BCUT2D eigenvalue weighted by molar-refractivity contribution is 6.08. The van der Waals surface area contributed by atoms with Gasteiger partial charge in [0, 0.05) is 25.3 Å². The third kappa shape index (κ3) is 3.00. The van der Waals surface area contributed by atoms with Gasteiger partial charge in [-0.3, -0.25) is 19.0 Å². The van der Waals surface area contributed by atoms with E-state index in [2.05, 4.69) is 10.3 Å². The molecule has 1 aromatic heterocycles. The van der Waals surface area contributed by atoms with E-state index in [-0.39, 0.29) is 23.8 Å². The fraction of sp³-hybridized carbons (Fsp3) is 0.429. The van der Waals surface area contributed by atoms with Crippen molar-refractivity contribution in [3.63, 3.8) is 0 Å². The molecule has 2 aromatic rings. The topological polar surface area (TPSA) is 84.3 Å². The molecule has 3 rings (SSSR count). The summed E-state index contributed by atoms with van der Waals surface area (Å²) < 4.78 is 1.47. The number of rotatable bonds is 3. The molecule has 1 N–H and O–H groups in total. The van der Waals surface area contributed by atoms with Crippen LogP contribution in [0.3, 0.4) is 0 Å². The molecule has 1 aliphatic rings. The van der Waals surface area contributed by atoms with Crippen LogP contribution < -0.4 is 15.8 Å². The van der Waals surface area contributed by atoms with E-state index in [9.17, 15) is 14.4 Å². The van der Waals surface area contributed by atoms with Crippen molar-refractivity contribution in [1.29, 1.82) is 0 Å². The molecule has 0 unspecified atom stereocenters. The molecule has 0 saturated heterocycles. The van der Waals surface area contributed by atoms with Crippen molar-refractivity contribution in [1.82, 2.24) is 9.55 Å². The van der Waals surface area contributed by atoms with Gasteiger partial charge in [0.2, 0.25) is 11.8 Å². The molecule has 0 saturated carbocycles. The lowest BCUT2D eigenvalue weighted by Crippen LogP contribution is -2.33. The number of fused-ring (bicyclic) bond motifs is 1. The Hall–Kier alpha value is -2.96. The normalized spacial score (nSPS) is 15.0. The minimum atomic E-state index is -0.642. The molecule has 2 heterocycles. The Labute approximate surface area is 164 Å². The van der Waals surface area contributed by atoms with E-state index in [1.165, 1.54) is 4.57 Å². The smallest absolute Gasteiger partial charge is 0.256 e. The zero-order chi connectivity index (χ0) is 21.0. The standard InChI is InChI=1S/C21H26N4O3/c1-11-8-14(9-15-18(11)25(7)20(28)21(15,4)5)23-17(26)10-16-12(2)19(27)24(6)13(3)22-16/h8-9H,10H2,1-7H3,(H,23,26). The molecule has 7 heteroatoms. The predicted molar refractivity (Wildman–Crippen MR) is 109 cm³/mol. The van der Waals surface area contributed by atoms with Crippen molar-refractivity contribution in [2.24, 2.45) is 7.05 Å². The van der Waals surface area contributed by atoms with Gasteiger partial charge in [-0.25, -0.2) is 4.98 Å². The van der Waals surface area contributed by atoms with Gasteiger partial charge < -0.3 is 10.2 Å². The number of hydrogen-bond acceptors (Lipinski definition) is 4. The van der Waals surface area contributed by atoms with Crippen molar-refractivity contribution in [2.75, 3.05) is 17.3 Å². The van der Waals surface area contributed by atoms with Crippen LogP contribution in [-0.2, 0) is 28.5 Å². The van der Waals surface area contributed by atoms with Crippen LogP contribution in [0.25, 0.3) is 0 Å². The van der Waals surface area contributed by atoms with Gasteiger partial charge in [-0.15, -0.1) is 0 Å². The van der Waals surface area contributed by atoms with Gasteiger partial charge in [0.15, 0.2) is 0 Å². The summed E-state index contributed by atoms with van der Waals surface area (Å²) in [4.78, 5) is 43.4. The van der Waals surface area contributed by atoms with E-state index in [1.54, 1.807) is 32.8 Å². The highest BCUT2D eigenvalue weighted by Crippen LogP contribution is 2.44. The summed E-state index contributed by atoms with van der Waals surface area (Å²) in [5.41, 5.74) is 3.52. The Morgan fingerprint density at radius 1 is 1.14 bits per heavy atom. The Bertz CT molecular complexity index is 1070. The van der Waals surface area contributed by atoms with Gasteiger partial charge in [0.05, 0.1) is 23.2 Å². The molecule has 0 spiro atoms. The Balaban J connectivity index is 1.89. The lowest BCUT2D eigenvalue weighted by atomic mass is 9.85. The number of anilines is 2. The first-order chi connectivity index (χ1) is 12.9. The van der Waals surface area contributed by atoms with Gasteiger partial charge in [0.1, 0.15) is 5.82 Å². The van der Waals surface area contributed by atoms with Gasteiger partial charge in [-0.05, 0) is 57.9 Å². The van der Waals surface area contributed by atoms with E-state index in [4.69, 9.17) is 0 Å². The Morgan fingerprint density at radius 3 is 2.43 bits per heavy atom. The van der Waals surface area contributed by atoms with E-state index in [0.717, 1.165) is 16.8 Å². The summed E-state index contributed by atoms with van der Waals surface area (Å²) in [5.74, 6) is 0.345. The molecule has 7 nitrogen and oxygen atoms in total. The molecule has 2 amide bonds. The number of nitrogens with zero attached hydrogens (tertiary/aromatic N) is 3. The molecule has 0 radical (unpaired) electrons. The lowest BCUT2D eigenvalue weighted by Gasteiger charge is -2.17. The van der Waals surface area contributed by atoms with E-state index >= 15 is 0 Å². The van der Waals surface area contributed by atoms with Gasteiger partial charge in [-0.1, -0.05) is 0 Å². The van der Waals surface area contributed by atoms with Crippen molar-refractivity contribution >= 4 is 23.2 Å². The number of carbonyl (C=O) groups is 2. The fourth-order valence-electron chi connectivity index (χ4n) is 3.81. The number of amides is 2. The second-order valence-electron chi connectivity index (χ2n) is 8.00. The van der Waals surface area contributed by atoms with Crippen LogP contribution in [0, 0.1) is 20.8 Å². The number of nitrogens with one attached hydrogen (secondary N) is 1. The third-order valence-corrected chi connectivity index (χ3v) is 5.60. The lowest BCUT2D eigenvalue weighted by molar-refractivity contribution is -0.121. The minimum absolute atomic E-state index is 0.0150. The molecule has 0 aliphatic carbocycles. The second-order valence-corrected chi connectivity index (χ2v) is 8.00. The SMILES string of the molecule is Cc1cc(NC(=O)Cc2nc(C)n(C)c(=O)c2C)cc2c1N(C)C(=O)C2(C)C. The van der Waals surface area contributed by atoms with Crippen LogP contribution >= 0.6 is 0 Å². The molecular formula is C21H26N4O3. The molecule has 0 atom stereocenters.